The molecule has 22 heavy (non-hydrogen) atoms. The van der Waals surface area contributed by atoms with Crippen LogP contribution in [0.4, 0.5) is 0 Å². The van der Waals surface area contributed by atoms with Crippen LogP contribution in [0.25, 0.3) is 0 Å². The molecular formula is C14H19N3O5. The lowest BCUT2D eigenvalue weighted by atomic mass is 10.2. The zero-order valence-electron chi connectivity index (χ0n) is 12.9. The van der Waals surface area contributed by atoms with Gasteiger partial charge in [-0.15, -0.1) is 0 Å². The Hall–Kier alpha value is -2.38. The van der Waals surface area contributed by atoms with Gasteiger partial charge in [0.05, 0.1) is 12.3 Å². The second-order valence-corrected chi connectivity index (χ2v) is 4.98. The lowest BCUT2D eigenvalue weighted by Crippen LogP contribution is -2.45. The summed E-state index contributed by atoms with van der Waals surface area (Å²) in [7, 11) is 0. The molecule has 120 valence electrons. The van der Waals surface area contributed by atoms with E-state index >= 15 is 0 Å². The van der Waals surface area contributed by atoms with Crippen molar-refractivity contribution in [2.24, 2.45) is 0 Å². The molecule has 1 aliphatic heterocycles. The number of hydrogen-bond acceptors (Lipinski definition) is 6. The van der Waals surface area contributed by atoms with E-state index in [1.165, 1.54) is 10.0 Å². The molecule has 8 nitrogen and oxygen atoms in total. The first-order valence-corrected chi connectivity index (χ1v) is 7.16. The Kier molecular flexibility index (Phi) is 4.79. The monoisotopic (exact) mass is 309 g/mol. The summed E-state index contributed by atoms with van der Waals surface area (Å²) in [5.74, 6) is -0.974. The Morgan fingerprint density at radius 1 is 1.23 bits per heavy atom. The number of hydrogen-bond donors (Lipinski definition) is 0. The van der Waals surface area contributed by atoms with Crippen molar-refractivity contribution in [3.63, 3.8) is 0 Å². The topological polar surface area (TPSA) is 93.0 Å². The van der Waals surface area contributed by atoms with E-state index in [1.54, 1.807) is 20.8 Å². The van der Waals surface area contributed by atoms with Gasteiger partial charge < -0.3 is 9.26 Å². The third kappa shape index (κ3) is 3.10. The molecule has 0 atom stereocenters. The lowest BCUT2D eigenvalue weighted by Gasteiger charge is -2.27. The number of ether oxygens (including phenoxy) is 1. The van der Waals surface area contributed by atoms with Gasteiger partial charge in [0.2, 0.25) is 0 Å². The van der Waals surface area contributed by atoms with Gasteiger partial charge in [0.25, 0.3) is 11.8 Å². The van der Waals surface area contributed by atoms with Crippen LogP contribution in [-0.2, 0) is 14.3 Å². The van der Waals surface area contributed by atoms with Crippen LogP contribution in [0.2, 0.25) is 0 Å². The van der Waals surface area contributed by atoms with Crippen LogP contribution in [-0.4, -0.2) is 52.7 Å². The van der Waals surface area contributed by atoms with Crippen molar-refractivity contribution in [3.05, 3.63) is 17.0 Å². The van der Waals surface area contributed by atoms with Gasteiger partial charge in [0, 0.05) is 13.1 Å². The molecule has 2 heterocycles. The summed E-state index contributed by atoms with van der Waals surface area (Å²) in [4.78, 5) is 36.2. The maximum atomic E-state index is 12.6. The molecule has 8 heteroatoms. The minimum absolute atomic E-state index is 0.216. The summed E-state index contributed by atoms with van der Waals surface area (Å²) in [5.41, 5.74) is 0.836. The molecule has 1 saturated heterocycles. The van der Waals surface area contributed by atoms with Gasteiger partial charge in [-0.25, -0.2) is 5.01 Å². The molecule has 1 aromatic rings. The number of carbonyl (C=O) groups is 3. The highest BCUT2D eigenvalue weighted by Crippen LogP contribution is 2.20. The maximum Gasteiger partial charge on any atom is 0.315 e. The highest BCUT2D eigenvalue weighted by molar-refractivity contribution is 5.99. The van der Waals surface area contributed by atoms with Crippen LogP contribution in [0.1, 0.15) is 41.6 Å². The summed E-state index contributed by atoms with van der Waals surface area (Å²) < 4.78 is 9.76. The lowest BCUT2D eigenvalue weighted by molar-refractivity contribution is -0.152. The minimum Gasteiger partial charge on any atom is -0.466 e. The second kappa shape index (κ2) is 6.59. The van der Waals surface area contributed by atoms with Crippen molar-refractivity contribution >= 4 is 17.8 Å². The van der Waals surface area contributed by atoms with Crippen LogP contribution >= 0.6 is 0 Å². The van der Waals surface area contributed by atoms with Gasteiger partial charge in [0.15, 0.2) is 0 Å². The molecule has 0 bridgehead atoms. The largest absolute Gasteiger partial charge is 0.466 e. The quantitative estimate of drug-likeness (QED) is 0.604. The summed E-state index contributed by atoms with van der Waals surface area (Å²) >= 11 is 0. The van der Waals surface area contributed by atoms with Gasteiger partial charge in [-0.05, 0) is 27.2 Å². The Labute approximate surface area is 127 Å². The number of aryl methyl sites for hydroxylation is 2. The number of carbonyl (C=O) groups excluding carboxylic acids is 3. The SMILES string of the molecule is CCOC(=O)CC(=O)N1CCCN1C(=O)c1c(C)noc1C. The number of rotatable bonds is 4. The average Bonchev–Trinajstić information content (AvgIpc) is 3.06. The van der Waals surface area contributed by atoms with E-state index in [4.69, 9.17) is 9.26 Å². The summed E-state index contributed by atoms with van der Waals surface area (Å²) in [6.45, 7) is 6.02. The third-order valence-corrected chi connectivity index (χ3v) is 3.40. The molecule has 2 amide bonds. The van der Waals surface area contributed by atoms with E-state index in [2.05, 4.69) is 5.16 Å². The van der Waals surface area contributed by atoms with E-state index < -0.39 is 11.9 Å². The van der Waals surface area contributed by atoms with Crippen molar-refractivity contribution in [1.82, 2.24) is 15.2 Å². The Morgan fingerprint density at radius 2 is 1.91 bits per heavy atom. The number of nitrogens with zero attached hydrogens (tertiary/aromatic N) is 3. The van der Waals surface area contributed by atoms with Crippen molar-refractivity contribution in [2.75, 3.05) is 19.7 Å². The van der Waals surface area contributed by atoms with Crippen LogP contribution in [0.3, 0.4) is 0 Å². The van der Waals surface area contributed by atoms with E-state index in [0.29, 0.717) is 36.5 Å². The summed E-state index contributed by atoms with van der Waals surface area (Å²) in [6, 6.07) is 0. The maximum absolute atomic E-state index is 12.6. The van der Waals surface area contributed by atoms with Crippen molar-refractivity contribution in [2.45, 2.75) is 33.6 Å². The molecule has 0 radical (unpaired) electrons. The van der Waals surface area contributed by atoms with E-state index in [1.807, 2.05) is 0 Å². The van der Waals surface area contributed by atoms with Gasteiger partial charge in [-0.2, -0.15) is 0 Å². The van der Waals surface area contributed by atoms with E-state index in [-0.39, 0.29) is 18.9 Å². The molecule has 0 aliphatic carbocycles. The van der Waals surface area contributed by atoms with Gasteiger partial charge in [-0.1, -0.05) is 5.16 Å². The van der Waals surface area contributed by atoms with Crippen LogP contribution in [0.5, 0.6) is 0 Å². The molecule has 1 aromatic heterocycles. The molecular weight excluding hydrogens is 290 g/mol. The van der Waals surface area contributed by atoms with E-state index in [0.717, 1.165) is 0 Å². The number of aromatic nitrogens is 1. The fourth-order valence-electron chi connectivity index (χ4n) is 2.43. The first kappa shape index (κ1) is 16.0. The molecule has 0 saturated carbocycles. The average molecular weight is 309 g/mol. The zero-order chi connectivity index (χ0) is 16.3. The van der Waals surface area contributed by atoms with Crippen LogP contribution < -0.4 is 0 Å². The zero-order valence-corrected chi connectivity index (χ0v) is 12.9. The summed E-state index contributed by atoms with van der Waals surface area (Å²) in [5, 5.41) is 6.39. The van der Waals surface area contributed by atoms with Crippen molar-refractivity contribution < 1.29 is 23.6 Å². The summed E-state index contributed by atoms with van der Waals surface area (Å²) in [6.07, 6.45) is 0.281. The van der Waals surface area contributed by atoms with Gasteiger partial charge in [0.1, 0.15) is 17.7 Å². The molecule has 0 aromatic carbocycles. The third-order valence-electron chi connectivity index (χ3n) is 3.40. The fraction of sp³-hybridized carbons (Fsp3) is 0.571. The molecule has 0 N–H and O–H groups in total. The van der Waals surface area contributed by atoms with Gasteiger partial charge >= 0.3 is 5.97 Å². The van der Waals surface area contributed by atoms with Gasteiger partial charge in [-0.3, -0.25) is 19.4 Å². The highest BCUT2D eigenvalue weighted by atomic mass is 16.5. The second-order valence-electron chi connectivity index (χ2n) is 4.98. The number of esters is 1. The standard InChI is InChI=1S/C14H19N3O5/c1-4-21-12(19)8-11(18)16-6-5-7-17(16)14(20)13-9(2)15-22-10(13)3/h4-8H2,1-3H3. The predicted octanol–water partition coefficient (Wildman–Crippen LogP) is 0.834. The van der Waals surface area contributed by atoms with Crippen LogP contribution in [0.15, 0.2) is 4.52 Å². The van der Waals surface area contributed by atoms with E-state index in [9.17, 15) is 14.4 Å². The molecule has 1 aliphatic rings. The molecule has 1 fully saturated rings. The molecule has 0 unspecified atom stereocenters. The molecule has 2 rings (SSSR count). The number of hydrazine groups is 1. The normalized spacial score (nSPS) is 14.3. The Balaban J connectivity index is 2.12. The first-order chi connectivity index (χ1) is 10.5. The predicted molar refractivity (Wildman–Crippen MR) is 74.6 cm³/mol. The van der Waals surface area contributed by atoms with Crippen molar-refractivity contribution in [3.8, 4) is 0 Å². The smallest absolute Gasteiger partial charge is 0.315 e. The van der Waals surface area contributed by atoms with Crippen molar-refractivity contribution in [1.29, 1.82) is 0 Å². The first-order valence-electron chi connectivity index (χ1n) is 7.16. The van der Waals surface area contributed by atoms with Crippen LogP contribution in [0, 0.1) is 13.8 Å². The fourth-order valence-corrected chi connectivity index (χ4v) is 2.43. The Morgan fingerprint density at radius 3 is 2.50 bits per heavy atom. The minimum atomic E-state index is -0.593. The molecule has 0 spiro atoms. The Bertz CT molecular complexity index is 576. The number of amides is 2. The highest BCUT2D eigenvalue weighted by Gasteiger charge is 2.34.